The lowest BCUT2D eigenvalue weighted by atomic mass is 10.0. The minimum absolute atomic E-state index is 0.136. The SMILES string of the molecule is CCCC(C(=O)N1CCCC1C(N)=O)N(C)C(=O)C(Cc1ccccc1)N(C)C(=O)CCc1ccccc1. The molecule has 1 aliphatic rings. The van der Waals surface area contributed by atoms with Gasteiger partial charge in [-0.2, -0.15) is 0 Å². The molecule has 0 aromatic heterocycles. The highest BCUT2D eigenvalue weighted by Gasteiger charge is 2.40. The Morgan fingerprint density at radius 2 is 1.53 bits per heavy atom. The fourth-order valence-corrected chi connectivity index (χ4v) is 5.14. The highest BCUT2D eigenvalue weighted by molar-refractivity contribution is 5.94. The summed E-state index contributed by atoms with van der Waals surface area (Å²) in [6.45, 7) is 2.40. The Morgan fingerprint density at radius 1 is 0.921 bits per heavy atom. The molecule has 3 unspecified atom stereocenters. The lowest BCUT2D eigenvalue weighted by Crippen LogP contribution is -2.57. The normalized spacial score (nSPS) is 16.5. The predicted molar refractivity (Wildman–Crippen MR) is 147 cm³/mol. The first kappa shape index (κ1) is 28.9. The maximum atomic E-state index is 14.0. The lowest BCUT2D eigenvalue weighted by Gasteiger charge is -2.36. The zero-order chi connectivity index (χ0) is 27.7. The van der Waals surface area contributed by atoms with Gasteiger partial charge in [0, 0.05) is 33.5 Å². The van der Waals surface area contributed by atoms with E-state index >= 15 is 0 Å². The molecule has 1 saturated heterocycles. The molecule has 0 bridgehead atoms. The standard InChI is InChI=1S/C30H40N4O4/c1-4-12-25(30(38)34-20-11-17-24(34)28(31)36)33(3)29(37)26(21-23-15-9-6-10-16-23)32(2)27(35)19-18-22-13-7-5-8-14-22/h5-10,13-16,24-26H,4,11-12,17-21H2,1-3H3,(H2,31,36). The van der Waals surface area contributed by atoms with E-state index in [2.05, 4.69) is 0 Å². The molecule has 38 heavy (non-hydrogen) atoms. The third kappa shape index (κ3) is 7.21. The van der Waals surface area contributed by atoms with Crippen molar-refractivity contribution in [2.45, 2.75) is 70.0 Å². The molecule has 1 aliphatic heterocycles. The molecular formula is C30H40N4O4. The lowest BCUT2D eigenvalue weighted by molar-refractivity contribution is -0.151. The molecule has 0 radical (unpaired) electrons. The van der Waals surface area contributed by atoms with Crippen molar-refractivity contribution in [2.75, 3.05) is 20.6 Å². The molecule has 2 aromatic rings. The quantitative estimate of drug-likeness (QED) is 0.465. The Morgan fingerprint density at radius 3 is 2.11 bits per heavy atom. The molecular weight excluding hydrogens is 480 g/mol. The molecule has 1 heterocycles. The van der Waals surface area contributed by atoms with Crippen LogP contribution in [0.4, 0.5) is 0 Å². The molecule has 3 rings (SSSR count). The molecule has 4 amide bonds. The Bertz CT molecular complexity index is 1090. The number of primary amides is 1. The van der Waals surface area contributed by atoms with Crippen molar-refractivity contribution in [3.63, 3.8) is 0 Å². The molecule has 8 nitrogen and oxygen atoms in total. The van der Waals surface area contributed by atoms with Crippen LogP contribution in [0.3, 0.4) is 0 Å². The van der Waals surface area contributed by atoms with E-state index in [4.69, 9.17) is 5.73 Å². The zero-order valence-corrected chi connectivity index (χ0v) is 22.7. The van der Waals surface area contributed by atoms with Gasteiger partial charge in [-0.25, -0.2) is 0 Å². The number of likely N-dealkylation sites (N-methyl/N-ethyl adjacent to an activating group) is 2. The van der Waals surface area contributed by atoms with Crippen molar-refractivity contribution in [2.24, 2.45) is 5.73 Å². The minimum Gasteiger partial charge on any atom is -0.368 e. The summed E-state index contributed by atoms with van der Waals surface area (Å²) in [4.78, 5) is 57.3. The van der Waals surface area contributed by atoms with E-state index in [-0.39, 0.29) is 24.1 Å². The number of hydrogen-bond acceptors (Lipinski definition) is 4. The Hall–Kier alpha value is -3.68. The Balaban J connectivity index is 1.82. The summed E-state index contributed by atoms with van der Waals surface area (Å²) in [5.74, 6) is -1.22. The van der Waals surface area contributed by atoms with Crippen LogP contribution in [0.1, 0.15) is 50.2 Å². The van der Waals surface area contributed by atoms with Crippen LogP contribution in [0.5, 0.6) is 0 Å². The molecule has 204 valence electrons. The predicted octanol–water partition coefficient (Wildman–Crippen LogP) is 2.79. The van der Waals surface area contributed by atoms with E-state index in [1.54, 1.807) is 14.1 Å². The van der Waals surface area contributed by atoms with Crippen molar-refractivity contribution in [3.05, 3.63) is 71.8 Å². The van der Waals surface area contributed by atoms with Crippen molar-refractivity contribution in [1.29, 1.82) is 0 Å². The van der Waals surface area contributed by atoms with Gasteiger partial charge in [0.05, 0.1) is 0 Å². The molecule has 1 fully saturated rings. The van der Waals surface area contributed by atoms with E-state index in [0.717, 1.165) is 11.1 Å². The van der Waals surface area contributed by atoms with Crippen LogP contribution in [0.25, 0.3) is 0 Å². The number of amides is 4. The third-order valence-corrected chi connectivity index (χ3v) is 7.41. The number of aryl methyl sites for hydroxylation is 1. The summed E-state index contributed by atoms with van der Waals surface area (Å²) < 4.78 is 0. The van der Waals surface area contributed by atoms with Crippen molar-refractivity contribution < 1.29 is 19.2 Å². The van der Waals surface area contributed by atoms with Gasteiger partial charge >= 0.3 is 0 Å². The average molecular weight is 521 g/mol. The highest BCUT2D eigenvalue weighted by Crippen LogP contribution is 2.22. The first-order valence-electron chi connectivity index (χ1n) is 13.4. The van der Waals surface area contributed by atoms with Crippen molar-refractivity contribution in [3.8, 4) is 0 Å². The van der Waals surface area contributed by atoms with E-state index in [1.165, 1.54) is 14.7 Å². The summed E-state index contributed by atoms with van der Waals surface area (Å²) in [6.07, 6.45) is 3.54. The molecule has 2 aromatic carbocycles. The van der Waals surface area contributed by atoms with E-state index < -0.39 is 24.0 Å². The van der Waals surface area contributed by atoms with Crippen LogP contribution >= 0.6 is 0 Å². The van der Waals surface area contributed by atoms with Crippen LogP contribution < -0.4 is 5.73 Å². The Labute approximate surface area is 225 Å². The van der Waals surface area contributed by atoms with Crippen LogP contribution in [0.2, 0.25) is 0 Å². The first-order valence-corrected chi connectivity index (χ1v) is 13.4. The van der Waals surface area contributed by atoms with Crippen LogP contribution in [0, 0.1) is 0 Å². The maximum Gasteiger partial charge on any atom is 0.246 e. The number of carbonyl (C=O) groups excluding carboxylic acids is 4. The van der Waals surface area contributed by atoms with Gasteiger partial charge in [-0.1, -0.05) is 74.0 Å². The molecule has 0 saturated carbocycles. The van der Waals surface area contributed by atoms with Gasteiger partial charge in [0.25, 0.3) is 0 Å². The van der Waals surface area contributed by atoms with Gasteiger partial charge in [0.1, 0.15) is 18.1 Å². The van der Waals surface area contributed by atoms with Gasteiger partial charge in [0.15, 0.2) is 0 Å². The number of nitrogens with zero attached hydrogens (tertiary/aromatic N) is 3. The van der Waals surface area contributed by atoms with Gasteiger partial charge in [-0.15, -0.1) is 0 Å². The molecule has 8 heteroatoms. The van der Waals surface area contributed by atoms with Crippen molar-refractivity contribution in [1.82, 2.24) is 14.7 Å². The number of likely N-dealkylation sites (tertiary alicyclic amines) is 1. The summed E-state index contributed by atoms with van der Waals surface area (Å²) in [6, 6.07) is 17.2. The van der Waals surface area contributed by atoms with Gasteiger partial charge < -0.3 is 20.4 Å². The first-order chi connectivity index (χ1) is 18.2. The van der Waals surface area contributed by atoms with E-state index in [9.17, 15) is 19.2 Å². The number of nitrogens with two attached hydrogens (primary N) is 1. The topological polar surface area (TPSA) is 104 Å². The van der Waals surface area contributed by atoms with E-state index in [0.29, 0.717) is 45.1 Å². The number of hydrogen-bond donors (Lipinski definition) is 1. The monoisotopic (exact) mass is 520 g/mol. The summed E-state index contributed by atoms with van der Waals surface area (Å²) in [7, 11) is 3.28. The third-order valence-electron chi connectivity index (χ3n) is 7.41. The smallest absolute Gasteiger partial charge is 0.246 e. The Kier molecular flexibility index (Phi) is 10.4. The largest absolute Gasteiger partial charge is 0.368 e. The summed E-state index contributed by atoms with van der Waals surface area (Å²) >= 11 is 0. The highest BCUT2D eigenvalue weighted by atomic mass is 16.2. The van der Waals surface area contributed by atoms with Crippen LogP contribution in [0.15, 0.2) is 60.7 Å². The van der Waals surface area contributed by atoms with Crippen LogP contribution in [-0.4, -0.2) is 77.1 Å². The van der Waals surface area contributed by atoms with Gasteiger partial charge in [-0.3, -0.25) is 19.2 Å². The second kappa shape index (κ2) is 13.7. The second-order valence-electron chi connectivity index (χ2n) is 10.0. The summed E-state index contributed by atoms with van der Waals surface area (Å²) in [5, 5.41) is 0. The van der Waals surface area contributed by atoms with Crippen LogP contribution in [-0.2, 0) is 32.0 Å². The molecule has 3 atom stereocenters. The second-order valence-corrected chi connectivity index (χ2v) is 10.0. The van der Waals surface area contributed by atoms with Crippen molar-refractivity contribution >= 4 is 23.6 Å². The fourth-order valence-electron chi connectivity index (χ4n) is 5.14. The minimum atomic E-state index is -0.775. The number of benzene rings is 2. The average Bonchev–Trinajstić information content (AvgIpc) is 3.44. The number of carbonyl (C=O) groups is 4. The molecule has 2 N–H and O–H groups in total. The zero-order valence-electron chi connectivity index (χ0n) is 22.7. The van der Waals surface area contributed by atoms with Gasteiger partial charge in [-0.05, 0) is 36.8 Å². The maximum absolute atomic E-state index is 14.0. The number of rotatable bonds is 12. The molecule has 0 spiro atoms. The summed E-state index contributed by atoms with van der Waals surface area (Å²) in [5.41, 5.74) is 7.54. The molecule has 0 aliphatic carbocycles. The fraction of sp³-hybridized carbons (Fsp3) is 0.467. The van der Waals surface area contributed by atoms with E-state index in [1.807, 2.05) is 67.6 Å². The van der Waals surface area contributed by atoms with Gasteiger partial charge in [0.2, 0.25) is 23.6 Å².